The quantitative estimate of drug-likeness (QED) is 0.383. The van der Waals surface area contributed by atoms with Gasteiger partial charge in [0.15, 0.2) is 0 Å². The number of nitrogens with zero attached hydrogens (tertiary/aromatic N) is 3. The van der Waals surface area contributed by atoms with Crippen molar-refractivity contribution in [3.63, 3.8) is 0 Å². The summed E-state index contributed by atoms with van der Waals surface area (Å²) >= 11 is 1.62. The van der Waals surface area contributed by atoms with Crippen LogP contribution in [0.2, 0.25) is 0 Å². The summed E-state index contributed by atoms with van der Waals surface area (Å²) in [5.41, 5.74) is 9.36. The van der Waals surface area contributed by atoms with Gasteiger partial charge in [0.2, 0.25) is 5.91 Å². The molecule has 6 heteroatoms. The molecule has 0 saturated heterocycles. The lowest BCUT2D eigenvalue weighted by molar-refractivity contribution is -0.120. The molecule has 1 aliphatic heterocycles. The number of amides is 1. The number of carbonyl (C=O) groups excluding carboxylic acids is 1. The van der Waals surface area contributed by atoms with E-state index in [-0.39, 0.29) is 11.2 Å². The number of benzene rings is 1. The Morgan fingerprint density at radius 3 is 3.17 bits per heavy atom. The Morgan fingerprint density at radius 1 is 1.56 bits per heavy atom. The summed E-state index contributed by atoms with van der Waals surface area (Å²) in [7, 11) is 0. The molecule has 1 atom stereocenters. The van der Waals surface area contributed by atoms with E-state index in [0.29, 0.717) is 19.5 Å². The van der Waals surface area contributed by atoms with Crippen LogP contribution in [0.5, 0.6) is 0 Å². The number of rotatable bonds is 5. The van der Waals surface area contributed by atoms with Crippen LogP contribution in [0.3, 0.4) is 0 Å². The fourth-order valence-corrected chi connectivity index (χ4v) is 3.07. The van der Waals surface area contributed by atoms with Crippen molar-refractivity contribution in [3.8, 4) is 0 Å². The van der Waals surface area contributed by atoms with Gasteiger partial charge in [0.1, 0.15) is 0 Å². The lowest BCUT2D eigenvalue weighted by Crippen LogP contribution is -2.33. The van der Waals surface area contributed by atoms with Gasteiger partial charge in [-0.3, -0.25) is 4.79 Å². The highest BCUT2D eigenvalue weighted by Crippen LogP contribution is 2.36. The molecule has 0 fully saturated rings. The average molecular weight is 262 g/mol. The smallest absolute Gasteiger partial charge is 0.233 e. The summed E-state index contributed by atoms with van der Waals surface area (Å²) in [6, 6.07) is 8.11. The fraction of sp³-hybridized carbons (Fsp3) is 0.417. The predicted molar refractivity (Wildman–Crippen MR) is 71.4 cm³/mol. The Labute approximate surface area is 110 Å². The molecule has 1 aromatic rings. The van der Waals surface area contributed by atoms with Gasteiger partial charge in [0, 0.05) is 22.9 Å². The van der Waals surface area contributed by atoms with Gasteiger partial charge in [-0.25, -0.2) is 0 Å². The second kappa shape index (κ2) is 6.33. The van der Waals surface area contributed by atoms with E-state index in [2.05, 4.69) is 27.5 Å². The summed E-state index contributed by atoms with van der Waals surface area (Å²) in [6.45, 7) is 0.986. The van der Waals surface area contributed by atoms with Crippen LogP contribution in [0.15, 0.2) is 34.3 Å². The van der Waals surface area contributed by atoms with Crippen LogP contribution in [0.4, 0.5) is 0 Å². The fourth-order valence-electron chi connectivity index (χ4n) is 1.85. The minimum absolute atomic E-state index is 0.0260. The molecule has 0 radical (unpaired) electrons. The average Bonchev–Trinajstić information content (AvgIpc) is 2.82. The summed E-state index contributed by atoms with van der Waals surface area (Å²) in [4.78, 5) is 15.8. The normalized spacial score (nSPS) is 16.8. The van der Waals surface area contributed by atoms with E-state index in [9.17, 15) is 4.79 Å². The predicted octanol–water partition coefficient (Wildman–Crippen LogP) is 2.52. The molecule has 0 aromatic heterocycles. The zero-order valence-electron chi connectivity index (χ0n) is 9.87. The molecule has 0 saturated carbocycles. The van der Waals surface area contributed by atoms with Crippen LogP contribution < -0.4 is 5.32 Å². The van der Waals surface area contributed by atoms with Crippen LogP contribution in [0.25, 0.3) is 10.4 Å². The van der Waals surface area contributed by atoms with E-state index in [1.807, 2.05) is 12.1 Å². The highest BCUT2D eigenvalue weighted by Gasteiger charge is 2.27. The Hall–Kier alpha value is -1.65. The highest BCUT2D eigenvalue weighted by molar-refractivity contribution is 8.01. The molecular weight excluding hydrogens is 248 g/mol. The molecule has 0 spiro atoms. The van der Waals surface area contributed by atoms with Gasteiger partial charge in [0.25, 0.3) is 0 Å². The van der Waals surface area contributed by atoms with E-state index in [0.717, 1.165) is 6.42 Å². The SMILES string of the molecule is [N-]=[N+]=NCCCNC(=O)C1Cc2ccccc2S1. The molecule has 1 aromatic carbocycles. The largest absolute Gasteiger partial charge is 0.355 e. The Kier molecular flexibility index (Phi) is 4.50. The second-order valence-corrected chi connectivity index (χ2v) is 5.26. The Balaban J connectivity index is 1.77. The van der Waals surface area contributed by atoms with E-state index in [4.69, 9.17) is 5.53 Å². The van der Waals surface area contributed by atoms with E-state index < -0.39 is 0 Å². The number of carbonyl (C=O) groups is 1. The van der Waals surface area contributed by atoms with Crippen molar-refractivity contribution in [1.82, 2.24) is 5.32 Å². The minimum Gasteiger partial charge on any atom is -0.355 e. The third-order valence-electron chi connectivity index (χ3n) is 2.74. The molecule has 0 bridgehead atoms. The van der Waals surface area contributed by atoms with Gasteiger partial charge in [-0.15, -0.1) is 11.8 Å². The molecule has 5 nitrogen and oxygen atoms in total. The number of thioether (sulfide) groups is 1. The Bertz CT molecular complexity index is 460. The number of fused-ring (bicyclic) bond motifs is 1. The zero-order valence-corrected chi connectivity index (χ0v) is 10.7. The van der Waals surface area contributed by atoms with Crippen LogP contribution in [0.1, 0.15) is 12.0 Å². The molecule has 94 valence electrons. The molecule has 0 aliphatic carbocycles. The first-order valence-electron chi connectivity index (χ1n) is 5.84. The first-order chi connectivity index (χ1) is 8.81. The van der Waals surface area contributed by atoms with Crippen LogP contribution in [0, 0.1) is 0 Å². The standard InChI is InChI=1S/C12H14N4OS/c13-16-15-7-3-6-14-12(17)11-8-9-4-1-2-5-10(9)18-11/h1-2,4-5,11H,3,6-8H2,(H,14,17). The van der Waals surface area contributed by atoms with Crippen molar-refractivity contribution in [3.05, 3.63) is 40.3 Å². The maximum atomic E-state index is 11.9. The molecule has 1 aliphatic rings. The molecular formula is C12H14N4OS. The minimum atomic E-state index is -0.0260. The van der Waals surface area contributed by atoms with Gasteiger partial charge in [-0.05, 0) is 30.0 Å². The summed E-state index contributed by atoms with van der Waals surface area (Å²) in [6.07, 6.45) is 1.48. The lowest BCUT2D eigenvalue weighted by Gasteiger charge is -2.08. The van der Waals surface area contributed by atoms with E-state index in [1.165, 1.54) is 10.5 Å². The zero-order chi connectivity index (χ0) is 12.8. The first kappa shape index (κ1) is 12.8. The second-order valence-electron chi connectivity index (χ2n) is 4.02. The monoisotopic (exact) mass is 262 g/mol. The first-order valence-corrected chi connectivity index (χ1v) is 6.72. The van der Waals surface area contributed by atoms with Crippen molar-refractivity contribution in [2.45, 2.75) is 23.0 Å². The Morgan fingerprint density at radius 2 is 2.39 bits per heavy atom. The van der Waals surface area contributed by atoms with Crippen molar-refractivity contribution >= 4 is 17.7 Å². The van der Waals surface area contributed by atoms with Gasteiger partial charge in [-0.1, -0.05) is 23.3 Å². The van der Waals surface area contributed by atoms with E-state index in [1.54, 1.807) is 11.8 Å². The van der Waals surface area contributed by atoms with E-state index >= 15 is 0 Å². The number of hydrogen-bond donors (Lipinski definition) is 1. The third-order valence-corrected chi connectivity index (χ3v) is 4.05. The van der Waals surface area contributed by atoms with Gasteiger partial charge >= 0.3 is 0 Å². The number of nitrogens with one attached hydrogen (secondary N) is 1. The number of azide groups is 1. The maximum Gasteiger partial charge on any atom is 0.233 e. The van der Waals surface area contributed by atoms with Crippen molar-refractivity contribution in [1.29, 1.82) is 0 Å². The molecule has 1 unspecified atom stereocenters. The van der Waals surface area contributed by atoms with Gasteiger partial charge in [0.05, 0.1) is 5.25 Å². The van der Waals surface area contributed by atoms with Crippen LogP contribution in [-0.4, -0.2) is 24.2 Å². The molecule has 1 heterocycles. The summed E-state index contributed by atoms with van der Waals surface area (Å²) in [5.74, 6) is 0.0668. The van der Waals surface area contributed by atoms with Gasteiger partial charge < -0.3 is 5.32 Å². The molecule has 1 N–H and O–H groups in total. The summed E-state index contributed by atoms with van der Waals surface area (Å²) < 4.78 is 0. The maximum absolute atomic E-state index is 11.9. The highest BCUT2D eigenvalue weighted by atomic mass is 32.2. The summed E-state index contributed by atoms with van der Waals surface area (Å²) in [5, 5.41) is 6.27. The lowest BCUT2D eigenvalue weighted by atomic mass is 10.1. The van der Waals surface area contributed by atoms with Crippen LogP contribution in [-0.2, 0) is 11.2 Å². The van der Waals surface area contributed by atoms with Crippen molar-refractivity contribution in [2.24, 2.45) is 5.11 Å². The topological polar surface area (TPSA) is 77.9 Å². The number of hydrogen-bond acceptors (Lipinski definition) is 3. The molecule has 2 rings (SSSR count). The van der Waals surface area contributed by atoms with Crippen molar-refractivity contribution < 1.29 is 4.79 Å². The molecule has 18 heavy (non-hydrogen) atoms. The third kappa shape index (κ3) is 3.18. The van der Waals surface area contributed by atoms with Gasteiger partial charge in [-0.2, -0.15) is 0 Å². The van der Waals surface area contributed by atoms with Crippen LogP contribution >= 0.6 is 11.8 Å². The molecule has 1 amide bonds. The van der Waals surface area contributed by atoms with Crippen molar-refractivity contribution in [2.75, 3.05) is 13.1 Å².